The van der Waals surface area contributed by atoms with Gasteiger partial charge in [-0.2, -0.15) is 0 Å². The normalized spacial score (nSPS) is 30.4. The van der Waals surface area contributed by atoms with Gasteiger partial charge in [0.2, 0.25) is 0 Å². The molecule has 0 amide bonds. The van der Waals surface area contributed by atoms with Crippen molar-refractivity contribution in [3.63, 3.8) is 0 Å². The number of hydrogen-bond donors (Lipinski definition) is 2. The second-order valence-electron chi connectivity index (χ2n) is 4.72. The molecule has 98 valence electrons. The Labute approximate surface area is 105 Å². The molecule has 0 aromatic heterocycles. The van der Waals surface area contributed by atoms with Crippen LogP contribution in [0.15, 0.2) is 18.2 Å². The highest BCUT2D eigenvalue weighted by atomic mass is 16.6. The number of aliphatic hydroxyl groups excluding tert-OH is 1. The first-order valence-corrected chi connectivity index (χ1v) is 5.80. The maximum Gasteiger partial charge on any atom is 0.270 e. The van der Waals surface area contributed by atoms with Crippen LogP contribution < -0.4 is 10.5 Å². The van der Waals surface area contributed by atoms with Crippen LogP contribution in [0.3, 0.4) is 0 Å². The molecule has 6 nitrogen and oxygen atoms in total. The number of nitro groups is 1. The standard InChI is InChI=1S/C12H16N2O4/c1-3-12(2)11(15)10(13)8-6-7(14(16)17)4-5-9(8)18-12/h4-6,10-11,15H,3,13H2,1-2H3. The summed E-state index contributed by atoms with van der Waals surface area (Å²) in [5.41, 5.74) is 5.62. The summed E-state index contributed by atoms with van der Waals surface area (Å²) < 4.78 is 5.73. The number of nitrogens with two attached hydrogens (primary N) is 1. The van der Waals surface area contributed by atoms with Gasteiger partial charge in [0, 0.05) is 17.7 Å². The molecule has 18 heavy (non-hydrogen) atoms. The van der Waals surface area contributed by atoms with Gasteiger partial charge in [-0.3, -0.25) is 10.1 Å². The van der Waals surface area contributed by atoms with E-state index in [1.54, 1.807) is 6.92 Å². The van der Waals surface area contributed by atoms with Crippen molar-refractivity contribution in [2.24, 2.45) is 5.73 Å². The second-order valence-corrected chi connectivity index (χ2v) is 4.72. The number of aliphatic hydroxyl groups is 1. The number of rotatable bonds is 2. The van der Waals surface area contributed by atoms with Crippen LogP contribution in [0.4, 0.5) is 5.69 Å². The minimum Gasteiger partial charge on any atom is -0.484 e. The van der Waals surface area contributed by atoms with Crippen LogP contribution in [-0.2, 0) is 0 Å². The maximum absolute atomic E-state index is 10.7. The quantitative estimate of drug-likeness (QED) is 0.614. The summed E-state index contributed by atoms with van der Waals surface area (Å²) in [5.74, 6) is 0.503. The van der Waals surface area contributed by atoms with Gasteiger partial charge in [-0.1, -0.05) is 6.92 Å². The van der Waals surface area contributed by atoms with Gasteiger partial charge in [0.15, 0.2) is 0 Å². The zero-order valence-corrected chi connectivity index (χ0v) is 10.3. The van der Waals surface area contributed by atoms with Gasteiger partial charge in [0.1, 0.15) is 17.5 Å². The van der Waals surface area contributed by atoms with Gasteiger partial charge < -0.3 is 15.6 Å². The van der Waals surface area contributed by atoms with Crippen molar-refractivity contribution in [1.29, 1.82) is 0 Å². The fraction of sp³-hybridized carbons (Fsp3) is 0.500. The summed E-state index contributed by atoms with van der Waals surface area (Å²) in [5, 5.41) is 20.9. The van der Waals surface area contributed by atoms with Crippen LogP contribution in [0.25, 0.3) is 0 Å². The van der Waals surface area contributed by atoms with Crippen molar-refractivity contribution in [1.82, 2.24) is 0 Å². The lowest BCUT2D eigenvalue weighted by Crippen LogP contribution is -2.52. The molecule has 0 saturated heterocycles. The van der Waals surface area contributed by atoms with Crippen LogP contribution >= 0.6 is 0 Å². The number of nitrogens with zero attached hydrogens (tertiary/aromatic N) is 1. The molecule has 6 heteroatoms. The highest BCUT2D eigenvalue weighted by Crippen LogP contribution is 2.41. The predicted octanol–water partition coefficient (Wildman–Crippen LogP) is 1.52. The molecule has 1 aromatic rings. The zero-order chi connectivity index (χ0) is 13.5. The van der Waals surface area contributed by atoms with E-state index >= 15 is 0 Å². The van der Waals surface area contributed by atoms with Crippen molar-refractivity contribution < 1.29 is 14.8 Å². The molecule has 3 N–H and O–H groups in total. The number of hydrogen-bond acceptors (Lipinski definition) is 5. The van der Waals surface area contributed by atoms with E-state index in [1.807, 2.05) is 6.92 Å². The molecule has 1 aliphatic heterocycles. The largest absolute Gasteiger partial charge is 0.484 e. The summed E-state index contributed by atoms with van der Waals surface area (Å²) in [6, 6.07) is 3.59. The SMILES string of the molecule is CCC1(C)Oc2ccc([N+](=O)[O-])cc2C(N)C1O. The van der Waals surface area contributed by atoms with Crippen molar-refractivity contribution in [2.45, 2.75) is 38.0 Å². The van der Waals surface area contributed by atoms with E-state index in [9.17, 15) is 15.2 Å². The Morgan fingerprint density at radius 3 is 2.83 bits per heavy atom. The lowest BCUT2D eigenvalue weighted by molar-refractivity contribution is -0.385. The predicted molar refractivity (Wildman–Crippen MR) is 65.4 cm³/mol. The lowest BCUT2D eigenvalue weighted by atomic mass is 9.84. The zero-order valence-electron chi connectivity index (χ0n) is 10.3. The van der Waals surface area contributed by atoms with Crippen molar-refractivity contribution in [3.05, 3.63) is 33.9 Å². The van der Waals surface area contributed by atoms with Gasteiger partial charge in [-0.05, 0) is 19.4 Å². The number of non-ortho nitro benzene ring substituents is 1. The minimum absolute atomic E-state index is 0.0555. The number of fused-ring (bicyclic) bond motifs is 1. The van der Waals surface area contributed by atoms with Crippen LogP contribution in [-0.4, -0.2) is 21.7 Å². The molecule has 2 rings (SSSR count). The summed E-state index contributed by atoms with van der Waals surface area (Å²) in [6.07, 6.45) is -0.296. The van der Waals surface area contributed by atoms with Crippen LogP contribution in [0.1, 0.15) is 31.9 Å². The fourth-order valence-electron chi connectivity index (χ4n) is 2.15. The third-order valence-electron chi connectivity index (χ3n) is 3.57. The molecule has 1 heterocycles. The van der Waals surface area contributed by atoms with Gasteiger partial charge in [0.05, 0.1) is 11.0 Å². The number of ether oxygens (including phenoxy) is 1. The highest BCUT2D eigenvalue weighted by molar-refractivity contribution is 5.47. The van der Waals surface area contributed by atoms with E-state index in [2.05, 4.69) is 0 Å². The van der Waals surface area contributed by atoms with E-state index in [4.69, 9.17) is 10.5 Å². The monoisotopic (exact) mass is 252 g/mol. The molecule has 0 fully saturated rings. The first-order valence-electron chi connectivity index (χ1n) is 5.80. The second kappa shape index (κ2) is 4.22. The fourth-order valence-corrected chi connectivity index (χ4v) is 2.15. The third-order valence-corrected chi connectivity index (χ3v) is 3.57. The summed E-state index contributed by atoms with van der Waals surface area (Å²) in [6.45, 7) is 3.67. The Kier molecular flexibility index (Phi) is 3.00. The molecule has 3 unspecified atom stereocenters. The molecule has 0 spiro atoms. The molecule has 0 saturated carbocycles. The van der Waals surface area contributed by atoms with E-state index in [1.165, 1.54) is 18.2 Å². The Hall–Kier alpha value is -1.66. The summed E-state index contributed by atoms with van der Waals surface area (Å²) >= 11 is 0. The molecular formula is C12H16N2O4. The van der Waals surface area contributed by atoms with E-state index in [0.717, 1.165) is 0 Å². The molecule has 1 aliphatic rings. The third kappa shape index (κ3) is 1.83. The Balaban J connectivity index is 2.49. The first kappa shape index (κ1) is 12.8. The Morgan fingerprint density at radius 1 is 1.61 bits per heavy atom. The van der Waals surface area contributed by atoms with Crippen molar-refractivity contribution >= 4 is 5.69 Å². The lowest BCUT2D eigenvalue weighted by Gasteiger charge is -2.42. The number of benzene rings is 1. The average molecular weight is 252 g/mol. The summed E-state index contributed by atoms with van der Waals surface area (Å²) in [4.78, 5) is 10.2. The highest BCUT2D eigenvalue weighted by Gasteiger charge is 2.43. The van der Waals surface area contributed by atoms with Crippen LogP contribution in [0.2, 0.25) is 0 Å². The van der Waals surface area contributed by atoms with Gasteiger partial charge >= 0.3 is 0 Å². The minimum atomic E-state index is -0.892. The Morgan fingerprint density at radius 2 is 2.28 bits per heavy atom. The molecule has 1 aromatic carbocycles. The molecule has 0 bridgehead atoms. The van der Waals surface area contributed by atoms with Gasteiger partial charge in [-0.15, -0.1) is 0 Å². The smallest absolute Gasteiger partial charge is 0.270 e. The summed E-state index contributed by atoms with van der Waals surface area (Å²) in [7, 11) is 0. The molecular weight excluding hydrogens is 236 g/mol. The van der Waals surface area contributed by atoms with Crippen molar-refractivity contribution in [2.75, 3.05) is 0 Å². The molecule has 3 atom stereocenters. The first-order chi connectivity index (χ1) is 8.39. The maximum atomic E-state index is 10.7. The Bertz CT molecular complexity index is 491. The molecule has 0 aliphatic carbocycles. The average Bonchev–Trinajstić information content (AvgIpc) is 2.35. The number of nitro benzene ring substituents is 1. The van der Waals surface area contributed by atoms with Gasteiger partial charge in [-0.25, -0.2) is 0 Å². The topological polar surface area (TPSA) is 98.6 Å². The van der Waals surface area contributed by atoms with Crippen LogP contribution in [0, 0.1) is 10.1 Å². The molecule has 0 radical (unpaired) electrons. The van der Waals surface area contributed by atoms with E-state index in [-0.39, 0.29) is 5.69 Å². The van der Waals surface area contributed by atoms with Crippen LogP contribution in [0.5, 0.6) is 5.75 Å². The van der Waals surface area contributed by atoms with E-state index < -0.39 is 22.7 Å². The van der Waals surface area contributed by atoms with E-state index in [0.29, 0.717) is 17.7 Å². The van der Waals surface area contributed by atoms with Crippen molar-refractivity contribution in [3.8, 4) is 5.75 Å². The van der Waals surface area contributed by atoms with Gasteiger partial charge in [0.25, 0.3) is 5.69 Å².